The Labute approximate surface area is 165 Å². The number of carbonyl (C=O) groups is 3. The van der Waals surface area contributed by atoms with Crippen LogP contribution in [0.15, 0.2) is 18.2 Å². The number of hydrogen-bond acceptors (Lipinski definition) is 4. The third kappa shape index (κ3) is 4.81. The largest absolute Gasteiger partial charge is 0.353 e. The molecular formula is C20H29N5O3. The number of rotatable bonds is 4. The lowest BCUT2D eigenvalue weighted by atomic mass is 10.1. The van der Waals surface area contributed by atoms with E-state index in [1.54, 1.807) is 11.0 Å². The van der Waals surface area contributed by atoms with Gasteiger partial charge in [-0.2, -0.15) is 0 Å². The Balaban J connectivity index is 1.64. The minimum absolute atomic E-state index is 0.0187. The second-order valence-corrected chi connectivity index (χ2v) is 7.89. The molecule has 0 spiro atoms. The monoisotopic (exact) mass is 387 g/mol. The summed E-state index contributed by atoms with van der Waals surface area (Å²) in [7, 11) is 0. The first kappa shape index (κ1) is 20.1. The van der Waals surface area contributed by atoms with Gasteiger partial charge in [0.05, 0.1) is 0 Å². The number of anilines is 2. The highest BCUT2D eigenvalue weighted by atomic mass is 16.2. The Morgan fingerprint density at radius 3 is 2.75 bits per heavy atom. The van der Waals surface area contributed by atoms with Crippen LogP contribution in [0.2, 0.25) is 0 Å². The van der Waals surface area contributed by atoms with Crippen molar-refractivity contribution in [2.75, 3.05) is 43.4 Å². The number of nitrogens with zero attached hydrogens (tertiary/aromatic N) is 2. The Bertz CT molecular complexity index is 764. The van der Waals surface area contributed by atoms with Gasteiger partial charge in [-0.15, -0.1) is 0 Å². The van der Waals surface area contributed by atoms with E-state index in [2.05, 4.69) is 20.9 Å². The van der Waals surface area contributed by atoms with Crippen molar-refractivity contribution in [3.8, 4) is 0 Å². The van der Waals surface area contributed by atoms with Crippen molar-refractivity contribution in [3.05, 3.63) is 23.8 Å². The van der Waals surface area contributed by atoms with E-state index in [0.29, 0.717) is 44.0 Å². The molecule has 2 saturated heterocycles. The van der Waals surface area contributed by atoms with Crippen molar-refractivity contribution >= 4 is 29.2 Å². The molecule has 2 aliphatic heterocycles. The topological polar surface area (TPSA) is 93.8 Å². The van der Waals surface area contributed by atoms with E-state index in [1.165, 1.54) is 0 Å². The van der Waals surface area contributed by atoms with Crippen LogP contribution in [0.25, 0.3) is 0 Å². The van der Waals surface area contributed by atoms with E-state index in [1.807, 2.05) is 32.9 Å². The molecule has 1 aromatic rings. The van der Waals surface area contributed by atoms with Crippen molar-refractivity contribution in [2.45, 2.75) is 33.2 Å². The number of urea groups is 1. The fraction of sp³-hybridized carbons (Fsp3) is 0.550. The highest BCUT2D eigenvalue weighted by Gasteiger charge is 2.36. The molecule has 8 heteroatoms. The molecule has 0 aliphatic carbocycles. The van der Waals surface area contributed by atoms with Gasteiger partial charge < -0.3 is 20.9 Å². The van der Waals surface area contributed by atoms with Gasteiger partial charge in [0.25, 0.3) is 0 Å². The third-order valence-electron chi connectivity index (χ3n) is 5.14. The van der Waals surface area contributed by atoms with Gasteiger partial charge in [-0.05, 0) is 30.5 Å². The standard InChI is InChI=1S/C20H29N5O3/c1-13(2)10-18(26)22-15-5-4-14(3)16(11-15)23-20(28)25-9-8-24-7-6-21-19(27)17(24)12-25/h4-5,11,13,17H,6-10,12H2,1-3H3,(H,21,27)(H,22,26)(H,23,28)/t17-/m0/s1. The third-order valence-corrected chi connectivity index (χ3v) is 5.14. The number of carbonyl (C=O) groups excluding carboxylic acids is 3. The smallest absolute Gasteiger partial charge is 0.321 e. The van der Waals surface area contributed by atoms with Crippen molar-refractivity contribution < 1.29 is 14.4 Å². The van der Waals surface area contributed by atoms with Gasteiger partial charge in [0.15, 0.2) is 0 Å². The quantitative estimate of drug-likeness (QED) is 0.732. The summed E-state index contributed by atoms with van der Waals surface area (Å²) in [6, 6.07) is 4.96. The van der Waals surface area contributed by atoms with E-state index in [0.717, 1.165) is 12.1 Å². The molecule has 1 atom stereocenters. The minimum atomic E-state index is -0.281. The molecule has 2 aliphatic rings. The molecule has 152 valence electrons. The molecule has 2 heterocycles. The lowest BCUT2D eigenvalue weighted by Gasteiger charge is -2.42. The lowest BCUT2D eigenvalue weighted by Crippen LogP contribution is -2.64. The Hall–Kier alpha value is -2.61. The molecule has 3 rings (SSSR count). The van der Waals surface area contributed by atoms with Crippen LogP contribution >= 0.6 is 0 Å². The number of fused-ring (bicyclic) bond motifs is 1. The summed E-state index contributed by atoms with van der Waals surface area (Å²) in [5, 5.41) is 8.66. The van der Waals surface area contributed by atoms with Crippen molar-refractivity contribution in [3.63, 3.8) is 0 Å². The molecule has 0 saturated carbocycles. The Morgan fingerprint density at radius 1 is 1.21 bits per heavy atom. The Morgan fingerprint density at radius 2 is 2.00 bits per heavy atom. The van der Waals surface area contributed by atoms with Gasteiger partial charge in [0.2, 0.25) is 11.8 Å². The number of nitrogens with one attached hydrogen (secondary N) is 3. The summed E-state index contributed by atoms with van der Waals surface area (Å²) in [4.78, 5) is 40.6. The van der Waals surface area contributed by atoms with E-state index in [4.69, 9.17) is 0 Å². The summed E-state index contributed by atoms with van der Waals surface area (Å²) in [6.07, 6.45) is 0.448. The molecule has 2 fully saturated rings. The van der Waals surface area contributed by atoms with Crippen LogP contribution in [0.5, 0.6) is 0 Å². The zero-order valence-corrected chi connectivity index (χ0v) is 16.7. The molecule has 8 nitrogen and oxygen atoms in total. The summed E-state index contributed by atoms with van der Waals surface area (Å²) < 4.78 is 0. The molecule has 3 N–H and O–H groups in total. The molecule has 0 bridgehead atoms. The summed E-state index contributed by atoms with van der Waals surface area (Å²) >= 11 is 0. The highest BCUT2D eigenvalue weighted by molar-refractivity contribution is 5.94. The van der Waals surface area contributed by atoms with E-state index in [-0.39, 0.29) is 29.8 Å². The second-order valence-electron chi connectivity index (χ2n) is 7.89. The lowest BCUT2D eigenvalue weighted by molar-refractivity contribution is -0.131. The first-order valence-corrected chi connectivity index (χ1v) is 9.81. The zero-order chi connectivity index (χ0) is 20.3. The fourth-order valence-electron chi connectivity index (χ4n) is 3.57. The van der Waals surface area contributed by atoms with Crippen LogP contribution in [-0.2, 0) is 9.59 Å². The van der Waals surface area contributed by atoms with Crippen molar-refractivity contribution in [2.24, 2.45) is 5.92 Å². The maximum atomic E-state index is 12.8. The van der Waals surface area contributed by atoms with Gasteiger partial charge in [0, 0.05) is 50.5 Å². The van der Waals surface area contributed by atoms with Crippen molar-refractivity contribution in [1.82, 2.24) is 15.1 Å². The van der Waals surface area contributed by atoms with Gasteiger partial charge in [-0.1, -0.05) is 19.9 Å². The average molecular weight is 387 g/mol. The molecular weight excluding hydrogens is 358 g/mol. The summed E-state index contributed by atoms with van der Waals surface area (Å²) in [5.74, 6) is 0.214. The van der Waals surface area contributed by atoms with Crippen LogP contribution in [0.4, 0.5) is 16.2 Å². The predicted molar refractivity (Wildman–Crippen MR) is 108 cm³/mol. The summed E-state index contributed by atoms with van der Waals surface area (Å²) in [5.41, 5.74) is 2.22. The zero-order valence-electron chi connectivity index (χ0n) is 16.7. The number of aryl methyl sites for hydroxylation is 1. The fourth-order valence-corrected chi connectivity index (χ4v) is 3.57. The van der Waals surface area contributed by atoms with Gasteiger partial charge >= 0.3 is 6.03 Å². The van der Waals surface area contributed by atoms with E-state index in [9.17, 15) is 14.4 Å². The van der Waals surface area contributed by atoms with Crippen LogP contribution < -0.4 is 16.0 Å². The minimum Gasteiger partial charge on any atom is -0.353 e. The first-order valence-electron chi connectivity index (χ1n) is 9.81. The van der Waals surface area contributed by atoms with Gasteiger partial charge in [0.1, 0.15) is 6.04 Å². The van der Waals surface area contributed by atoms with E-state index < -0.39 is 0 Å². The molecule has 0 unspecified atom stereocenters. The predicted octanol–water partition coefficient (Wildman–Crippen LogP) is 1.63. The number of benzene rings is 1. The average Bonchev–Trinajstić information content (AvgIpc) is 2.64. The second kappa shape index (κ2) is 8.60. The van der Waals surface area contributed by atoms with Crippen molar-refractivity contribution in [1.29, 1.82) is 0 Å². The maximum Gasteiger partial charge on any atom is 0.321 e. The molecule has 0 radical (unpaired) electrons. The SMILES string of the molecule is Cc1ccc(NC(=O)CC(C)C)cc1NC(=O)N1CCN2CCNC(=O)[C@@H]2C1. The normalized spacial score (nSPS) is 19.8. The Kier molecular flexibility index (Phi) is 6.18. The number of amides is 4. The number of piperazine rings is 2. The maximum absolute atomic E-state index is 12.8. The van der Waals surface area contributed by atoms with Crippen LogP contribution in [-0.4, -0.2) is 66.4 Å². The first-order chi connectivity index (χ1) is 13.3. The van der Waals surface area contributed by atoms with Crippen LogP contribution in [0, 0.1) is 12.8 Å². The molecule has 28 heavy (non-hydrogen) atoms. The molecule has 4 amide bonds. The van der Waals surface area contributed by atoms with Crippen LogP contribution in [0.3, 0.4) is 0 Å². The number of hydrogen-bond donors (Lipinski definition) is 3. The highest BCUT2D eigenvalue weighted by Crippen LogP contribution is 2.22. The van der Waals surface area contributed by atoms with Gasteiger partial charge in [-0.25, -0.2) is 4.79 Å². The molecule has 0 aromatic heterocycles. The van der Waals surface area contributed by atoms with Gasteiger partial charge in [-0.3, -0.25) is 14.5 Å². The van der Waals surface area contributed by atoms with E-state index >= 15 is 0 Å². The summed E-state index contributed by atoms with van der Waals surface area (Å²) in [6.45, 7) is 9.02. The van der Waals surface area contributed by atoms with Crippen LogP contribution in [0.1, 0.15) is 25.8 Å². The molecule has 1 aromatic carbocycles.